The second-order valence-corrected chi connectivity index (χ2v) is 6.57. The molecule has 2 aromatic heterocycles. The first-order valence-corrected chi connectivity index (χ1v) is 9.01. The highest BCUT2D eigenvalue weighted by Gasteiger charge is 2.19. The standard InChI is InChI=1S/C21H21N5O2/c1-14(16-7-5-4-6-8-16)25-15(2)24-26(21(25)27)18-9-10-19(20(11-18)28-3)17-12-22-23-13-17/h4-14H,1-3H3,(H,22,23). The van der Waals surface area contributed by atoms with E-state index in [0.29, 0.717) is 17.3 Å². The lowest BCUT2D eigenvalue weighted by Crippen LogP contribution is -2.27. The first-order chi connectivity index (χ1) is 13.6. The van der Waals surface area contributed by atoms with E-state index in [-0.39, 0.29) is 11.7 Å². The lowest BCUT2D eigenvalue weighted by Gasteiger charge is -2.13. The molecule has 1 atom stereocenters. The molecular weight excluding hydrogens is 354 g/mol. The summed E-state index contributed by atoms with van der Waals surface area (Å²) in [7, 11) is 1.60. The van der Waals surface area contributed by atoms with Crippen LogP contribution in [0.15, 0.2) is 65.7 Å². The van der Waals surface area contributed by atoms with E-state index in [9.17, 15) is 4.79 Å². The molecule has 0 aliphatic rings. The summed E-state index contributed by atoms with van der Waals surface area (Å²) in [5.74, 6) is 1.30. The topological polar surface area (TPSA) is 77.7 Å². The molecule has 4 rings (SSSR count). The van der Waals surface area contributed by atoms with E-state index < -0.39 is 0 Å². The summed E-state index contributed by atoms with van der Waals surface area (Å²) in [5.41, 5.74) is 3.32. The van der Waals surface area contributed by atoms with Crippen molar-refractivity contribution in [2.45, 2.75) is 19.9 Å². The Morgan fingerprint density at radius 3 is 2.61 bits per heavy atom. The van der Waals surface area contributed by atoms with Gasteiger partial charge >= 0.3 is 5.69 Å². The minimum atomic E-state index is -0.188. The summed E-state index contributed by atoms with van der Waals surface area (Å²) < 4.78 is 8.65. The third-order valence-electron chi connectivity index (χ3n) is 4.89. The molecule has 28 heavy (non-hydrogen) atoms. The maximum Gasteiger partial charge on any atom is 0.351 e. The Morgan fingerprint density at radius 2 is 1.93 bits per heavy atom. The predicted octanol–water partition coefficient (Wildman–Crippen LogP) is 3.35. The zero-order chi connectivity index (χ0) is 19.7. The number of nitrogens with one attached hydrogen (secondary N) is 1. The highest BCUT2D eigenvalue weighted by molar-refractivity contribution is 5.71. The first kappa shape index (κ1) is 17.8. The highest BCUT2D eigenvalue weighted by Crippen LogP contribution is 2.31. The molecule has 1 unspecified atom stereocenters. The Balaban J connectivity index is 1.78. The lowest BCUT2D eigenvalue weighted by molar-refractivity contribution is 0.416. The average Bonchev–Trinajstić information content (AvgIpc) is 3.36. The molecule has 7 nitrogen and oxygen atoms in total. The maximum absolute atomic E-state index is 13.1. The number of aromatic nitrogens is 5. The number of ether oxygens (including phenoxy) is 1. The quantitative estimate of drug-likeness (QED) is 0.580. The van der Waals surface area contributed by atoms with Crippen LogP contribution in [0.3, 0.4) is 0 Å². The van der Waals surface area contributed by atoms with E-state index in [4.69, 9.17) is 4.74 Å². The van der Waals surface area contributed by atoms with Crippen molar-refractivity contribution in [1.29, 1.82) is 0 Å². The second kappa shape index (κ2) is 7.19. The maximum atomic E-state index is 13.1. The van der Waals surface area contributed by atoms with Gasteiger partial charge in [-0.05, 0) is 31.5 Å². The number of methoxy groups -OCH3 is 1. The third-order valence-corrected chi connectivity index (χ3v) is 4.89. The number of aryl methyl sites for hydroxylation is 1. The summed E-state index contributed by atoms with van der Waals surface area (Å²) in [4.78, 5) is 13.1. The van der Waals surface area contributed by atoms with Gasteiger partial charge in [-0.3, -0.25) is 9.67 Å². The van der Waals surface area contributed by atoms with Gasteiger partial charge in [-0.15, -0.1) is 0 Å². The van der Waals surface area contributed by atoms with E-state index in [1.165, 1.54) is 4.68 Å². The van der Waals surface area contributed by atoms with Crippen molar-refractivity contribution in [2.24, 2.45) is 0 Å². The van der Waals surface area contributed by atoms with E-state index in [0.717, 1.165) is 16.7 Å². The molecule has 0 amide bonds. The van der Waals surface area contributed by atoms with Crippen LogP contribution in [0.1, 0.15) is 24.4 Å². The monoisotopic (exact) mass is 375 g/mol. The van der Waals surface area contributed by atoms with Crippen molar-refractivity contribution >= 4 is 0 Å². The number of aromatic amines is 1. The highest BCUT2D eigenvalue weighted by atomic mass is 16.5. The number of hydrogen-bond acceptors (Lipinski definition) is 4. The fourth-order valence-corrected chi connectivity index (χ4v) is 3.42. The van der Waals surface area contributed by atoms with Crippen molar-refractivity contribution in [3.63, 3.8) is 0 Å². The Labute approximate surface area is 162 Å². The van der Waals surface area contributed by atoms with Crippen LogP contribution in [0.5, 0.6) is 5.75 Å². The molecule has 0 fully saturated rings. The fraction of sp³-hybridized carbons (Fsp3) is 0.190. The molecule has 2 heterocycles. The van der Waals surface area contributed by atoms with E-state index in [2.05, 4.69) is 15.3 Å². The van der Waals surface area contributed by atoms with Crippen LogP contribution in [0.2, 0.25) is 0 Å². The van der Waals surface area contributed by atoms with Crippen LogP contribution >= 0.6 is 0 Å². The van der Waals surface area contributed by atoms with Gasteiger partial charge in [-0.1, -0.05) is 30.3 Å². The van der Waals surface area contributed by atoms with Gasteiger partial charge in [0.15, 0.2) is 0 Å². The molecule has 1 N–H and O–H groups in total. The SMILES string of the molecule is COc1cc(-n2nc(C)n(C(C)c3ccccc3)c2=O)ccc1-c1cn[nH]c1. The normalized spacial score (nSPS) is 12.1. The minimum Gasteiger partial charge on any atom is -0.496 e. The summed E-state index contributed by atoms with van der Waals surface area (Å²) in [5, 5.41) is 11.3. The predicted molar refractivity (Wildman–Crippen MR) is 107 cm³/mol. The Bertz CT molecular complexity index is 1140. The Kier molecular flexibility index (Phi) is 4.57. The molecule has 7 heteroatoms. The molecule has 142 valence electrons. The molecule has 0 saturated heterocycles. The van der Waals surface area contributed by atoms with Gasteiger partial charge in [0.2, 0.25) is 0 Å². The van der Waals surface area contributed by atoms with E-state index in [1.807, 2.05) is 62.4 Å². The number of benzene rings is 2. The van der Waals surface area contributed by atoms with Crippen molar-refractivity contribution < 1.29 is 4.74 Å². The van der Waals surface area contributed by atoms with Crippen LogP contribution in [-0.2, 0) is 0 Å². The molecule has 2 aromatic carbocycles. The zero-order valence-corrected chi connectivity index (χ0v) is 16.0. The van der Waals surface area contributed by atoms with E-state index in [1.54, 1.807) is 24.1 Å². The van der Waals surface area contributed by atoms with Crippen LogP contribution in [-0.4, -0.2) is 31.7 Å². The average molecular weight is 375 g/mol. The number of rotatable bonds is 5. The van der Waals surface area contributed by atoms with Crippen molar-refractivity contribution in [3.05, 3.63) is 82.8 Å². The summed E-state index contributed by atoms with van der Waals surface area (Å²) in [6.45, 7) is 3.84. The van der Waals surface area contributed by atoms with E-state index >= 15 is 0 Å². The number of hydrogen-bond donors (Lipinski definition) is 1. The molecule has 4 aromatic rings. The Hall–Kier alpha value is -3.61. The van der Waals surface area contributed by atoms with Crippen LogP contribution in [0.25, 0.3) is 16.8 Å². The molecule has 0 spiro atoms. The fourth-order valence-electron chi connectivity index (χ4n) is 3.42. The second-order valence-electron chi connectivity index (χ2n) is 6.57. The summed E-state index contributed by atoms with van der Waals surface area (Å²) in [6.07, 6.45) is 3.52. The van der Waals surface area contributed by atoms with Crippen molar-refractivity contribution in [2.75, 3.05) is 7.11 Å². The van der Waals surface area contributed by atoms with Crippen molar-refractivity contribution in [3.8, 4) is 22.6 Å². The van der Waals surface area contributed by atoms with Gasteiger partial charge in [-0.2, -0.15) is 14.9 Å². The van der Waals surface area contributed by atoms with Gasteiger partial charge in [-0.25, -0.2) is 4.79 Å². The number of H-pyrrole nitrogens is 1. The first-order valence-electron chi connectivity index (χ1n) is 9.01. The molecule has 0 aliphatic heterocycles. The minimum absolute atomic E-state index is 0.116. The summed E-state index contributed by atoms with van der Waals surface area (Å²) in [6, 6.07) is 15.4. The molecular formula is C21H21N5O2. The zero-order valence-electron chi connectivity index (χ0n) is 16.0. The van der Waals surface area contributed by atoms with Crippen LogP contribution in [0, 0.1) is 6.92 Å². The molecule has 0 radical (unpaired) electrons. The van der Waals surface area contributed by atoms with Gasteiger partial charge < -0.3 is 4.74 Å². The van der Waals surface area contributed by atoms with Gasteiger partial charge in [0.1, 0.15) is 11.6 Å². The van der Waals surface area contributed by atoms with Crippen LogP contribution < -0.4 is 10.4 Å². The Morgan fingerprint density at radius 1 is 1.14 bits per heavy atom. The largest absolute Gasteiger partial charge is 0.496 e. The molecule has 0 saturated carbocycles. The van der Waals surface area contributed by atoms with Gasteiger partial charge in [0.25, 0.3) is 0 Å². The van der Waals surface area contributed by atoms with Crippen molar-refractivity contribution in [1.82, 2.24) is 24.5 Å². The third kappa shape index (κ3) is 3.00. The molecule has 0 bridgehead atoms. The number of nitrogens with zero attached hydrogens (tertiary/aromatic N) is 4. The molecule has 0 aliphatic carbocycles. The lowest BCUT2D eigenvalue weighted by atomic mass is 10.1. The van der Waals surface area contributed by atoms with Crippen LogP contribution in [0.4, 0.5) is 0 Å². The summed E-state index contributed by atoms with van der Waals surface area (Å²) >= 11 is 0. The van der Waals surface area contributed by atoms with Gasteiger partial charge in [0.05, 0.1) is 25.0 Å². The van der Waals surface area contributed by atoms with Gasteiger partial charge in [0, 0.05) is 23.4 Å². The smallest absolute Gasteiger partial charge is 0.351 e.